The first-order chi connectivity index (χ1) is 11.0. The summed E-state index contributed by atoms with van der Waals surface area (Å²) >= 11 is 0. The van der Waals surface area contributed by atoms with E-state index in [9.17, 15) is 14.4 Å². The van der Waals surface area contributed by atoms with E-state index >= 15 is 0 Å². The summed E-state index contributed by atoms with van der Waals surface area (Å²) in [6.45, 7) is 0.552. The number of rotatable bonds is 5. The number of hydrogen-bond donors (Lipinski definition) is 3. The van der Waals surface area contributed by atoms with Gasteiger partial charge in [-0.3, -0.25) is 19.6 Å². The van der Waals surface area contributed by atoms with Crippen molar-refractivity contribution < 1.29 is 4.79 Å². The largest absolute Gasteiger partial charge is 0.350 e. The van der Waals surface area contributed by atoms with Gasteiger partial charge in [0.05, 0.1) is 10.9 Å². The molecular weight excluding hydrogens is 298 g/mol. The van der Waals surface area contributed by atoms with E-state index in [1.165, 1.54) is 25.1 Å². The molecule has 0 spiro atoms. The fraction of sp³-hybridized carbons (Fsp3) is 0.467. The maximum absolute atomic E-state index is 12.3. The third-order valence-corrected chi connectivity index (χ3v) is 4.15. The molecule has 2 aromatic rings. The predicted octanol–water partition coefficient (Wildman–Crippen LogP) is -0.319. The number of hydrogen-bond acceptors (Lipinski definition) is 5. The minimum atomic E-state index is -0.620. The lowest BCUT2D eigenvalue weighted by Gasteiger charge is -2.24. The average Bonchev–Trinajstić information content (AvgIpc) is 3.31. The topological polar surface area (TPSA) is 111 Å². The zero-order valence-corrected chi connectivity index (χ0v) is 13.0. The van der Waals surface area contributed by atoms with E-state index in [2.05, 4.69) is 25.2 Å². The number of nitrogens with zero attached hydrogens (tertiary/aromatic N) is 2. The molecule has 1 amide bonds. The van der Waals surface area contributed by atoms with Gasteiger partial charge in [-0.05, 0) is 38.9 Å². The zero-order valence-electron chi connectivity index (χ0n) is 13.0. The van der Waals surface area contributed by atoms with Crippen LogP contribution in [0.3, 0.4) is 0 Å². The summed E-state index contributed by atoms with van der Waals surface area (Å²) in [4.78, 5) is 45.9. The van der Waals surface area contributed by atoms with Crippen molar-refractivity contribution in [3.8, 4) is 0 Å². The number of amides is 1. The quantitative estimate of drug-likeness (QED) is 0.700. The zero-order chi connectivity index (χ0) is 16.6. The van der Waals surface area contributed by atoms with E-state index < -0.39 is 11.2 Å². The summed E-state index contributed by atoms with van der Waals surface area (Å²) in [5, 5.41) is 3.08. The second-order valence-electron chi connectivity index (χ2n) is 6.11. The Morgan fingerprint density at radius 3 is 2.78 bits per heavy atom. The van der Waals surface area contributed by atoms with Crippen LogP contribution in [0.1, 0.15) is 23.2 Å². The van der Waals surface area contributed by atoms with Crippen molar-refractivity contribution in [2.45, 2.75) is 18.9 Å². The number of aromatic amines is 2. The van der Waals surface area contributed by atoms with Crippen molar-refractivity contribution in [2.24, 2.45) is 5.92 Å². The fourth-order valence-electron chi connectivity index (χ4n) is 2.72. The lowest BCUT2D eigenvalue weighted by molar-refractivity contribution is 0.0938. The SMILES string of the molecule is CN(C)C(CNC(=O)c1cnc2[nH]c(=O)[nH]c(=O)c2c1)C1CC1. The molecule has 0 saturated heterocycles. The molecule has 1 aliphatic rings. The van der Waals surface area contributed by atoms with Gasteiger partial charge in [-0.2, -0.15) is 0 Å². The molecule has 0 aliphatic heterocycles. The van der Waals surface area contributed by atoms with E-state index in [0.29, 0.717) is 24.1 Å². The molecule has 0 bridgehead atoms. The number of H-pyrrole nitrogens is 2. The molecule has 0 aromatic carbocycles. The van der Waals surface area contributed by atoms with Crippen molar-refractivity contribution in [2.75, 3.05) is 20.6 Å². The number of pyridine rings is 1. The van der Waals surface area contributed by atoms with Gasteiger partial charge in [-0.25, -0.2) is 9.78 Å². The highest BCUT2D eigenvalue weighted by Gasteiger charge is 2.32. The molecule has 1 aliphatic carbocycles. The van der Waals surface area contributed by atoms with Crippen molar-refractivity contribution in [3.05, 3.63) is 38.7 Å². The van der Waals surface area contributed by atoms with Crippen LogP contribution in [0.15, 0.2) is 21.9 Å². The molecule has 1 fully saturated rings. The molecule has 1 saturated carbocycles. The van der Waals surface area contributed by atoms with E-state index in [4.69, 9.17) is 0 Å². The standard InChI is InChI=1S/C15H19N5O3/c1-20(2)11(8-3-4-8)7-17-13(21)9-5-10-12(16-6-9)18-15(23)19-14(10)22/h5-6,8,11H,3-4,7H2,1-2H3,(H,17,21)(H2,16,18,19,22,23). The summed E-state index contributed by atoms with van der Waals surface area (Å²) in [6, 6.07) is 1.75. The monoisotopic (exact) mass is 317 g/mol. The normalized spacial score (nSPS) is 15.8. The predicted molar refractivity (Wildman–Crippen MR) is 85.5 cm³/mol. The Morgan fingerprint density at radius 2 is 2.13 bits per heavy atom. The summed E-state index contributed by atoms with van der Waals surface area (Å²) in [6.07, 6.45) is 3.74. The van der Waals surface area contributed by atoms with E-state index in [1.807, 2.05) is 14.1 Å². The molecule has 3 rings (SSSR count). The van der Waals surface area contributed by atoms with Crippen LogP contribution < -0.4 is 16.6 Å². The molecule has 1 unspecified atom stereocenters. The van der Waals surface area contributed by atoms with Gasteiger partial charge in [-0.15, -0.1) is 0 Å². The second-order valence-corrected chi connectivity index (χ2v) is 6.11. The van der Waals surface area contributed by atoms with Gasteiger partial charge >= 0.3 is 5.69 Å². The Hall–Kier alpha value is -2.48. The summed E-state index contributed by atoms with van der Waals surface area (Å²) < 4.78 is 0. The third-order valence-electron chi connectivity index (χ3n) is 4.15. The van der Waals surface area contributed by atoms with Crippen LogP contribution in [0, 0.1) is 5.92 Å². The van der Waals surface area contributed by atoms with Crippen molar-refractivity contribution in [1.29, 1.82) is 0 Å². The van der Waals surface area contributed by atoms with Gasteiger partial charge in [0.1, 0.15) is 5.65 Å². The van der Waals surface area contributed by atoms with Crippen LogP contribution in [-0.2, 0) is 0 Å². The smallest absolute Gasteiger partial charge is 0.327 e. The molecule has 2 heterocycles. The maximum Gasteiger partial charge on any atom is 0.327 e. The number of nitrogens with one attached hydrogen (secondary N) is 3. The van der Waals surface area contributed by atoms with Crippen LogP contribution in [-0.4, -0.2) is 52.4 Å². The molecule has 0 radical (unpaired) electrons. The highest BCUT2D eigenvalue weighted by Crippen LogP contribution is 2.34. The fourth-order valence-corrected chi connectivity index (χ4v) is 2.72. The lowest BCUT2D eigenvalue weighted by atomic mass is 10.1. The number of fused-ring (bicyclic) bond motifs is 1. The van der Waals surface area contributed by atoms with Gasteiger partial charge in [0.2, 0.25) is 0 Å². The van der Waals surface area contributed by atoms with Crippen LogP contribution >= 0.6 is 0 Å². The first-order valence-corrected chi connectivity index (χ1v) is 7.52. The second kappa shape index (κ2) is 5.96. The minimum absolute atomic E-state index is 0.166. The number of carbonyl (C=O) groups excluding carboxylic acids is 1. The average molecular weight is 317 g/mol. The number of carbonyl (C=O) groups is 1. The van der Waals surface area contributed by atoms with Gasteiger partial charge in [0.25, 0.3) is 11.5 Å². The van der Waals surface area contributed by atoms with Crippen molar-refractivity contribution in [1.82, 2.24) is 25.2 Å². The Balaban J connectivity index is 1.78. The minimum Gasteiger partial charge on any atom is -0.350 e. The molecule has 23 heavy (non-hydrogen) atoms. The van der Waals surface area contributed by atoms with Gasteiger partial charge in [0, 0.05) is 18.8 Å². The summed E-state index contributed by atoms with van der Waals surface area (Å²) in [5.74, 6) is 0.352. The molecule has 2 aromatic heterocycles. The van der Waals surface area contributed by atoms with E-state index in [-0.39, 0.29) is 16.9 Å². The Bertz CT molecular complexity index is 848. The molecule has 3 N–H and O–H groups in total. The van der Waals surface area contributed by atoms with Crippen LogP contribution in [0.5, 0.6) is 0 Å². The lowest BCUT2D eigenvalue weighted by Crippen LogP contribution is -2.41. The number of aromatic nitrogens is 3. The Kier molecular flexibility index (Phi) is 3.99. The summed E-state index contributed by atoms with van der Waals surface area (Å²) in [7, 11) is 4.01. The van der Waals surface area contributed by atoms with Crippen LogP contribution in [0.2, 0.25) is 0 Å². The van der Waals surface area contributed by atoms with E-state index in [1.54, 1.807) is 0 Å². The van der Waals surface area contributed by atoms with E-state index in [0.717, 1.165) is 0 Å². The molecule has 122 valence electrons. The van der Waals surface area contributed by atoms with Crippen LogP contribution in [0.4, 0.5) is 0 Å². The van der Waals surface area contributed by atoms with Crippen LogP contribution in [0.25, 0.3) is 11.0 Å². The Labute approximate surface area is 131 Å². The molecular formula is C15H19N5O3. The third kappa shape index (κ3) is 3.31. The van der Waals surface area contributed by atoms with Gasteiger partial charge in [-0.1, -0.05) is 0 Å². The van der Waals surface area contributed by atoms with Gasteiger partial charge in [0.15, 0.2) is 0 Å². The van der Waals surface area contributed by atoms with Gasteiger partial charge < -0.3 is 10.2 Å². The molecule has 1 atom stereocenters. The number of likely N-dealkylation sites (N-methyl/N-ethyl adjacent to an activating group) is 1. The highest BCUT2D eigenvalue weighted by molar-refractivity contribution is 5.96. The first-order valence-electron chi connectivity index (χ1n) is 7.52. The Morgan fingerprint density at radius 1 is 1.39 bits per heavy atom. The first kappa shape index (κ1) is 15.4. The van der Waals surface area contributed by atoms with Crippen molar-refractivity contribution in [3.63, 3.8) is 0 Å². The highest BCUT2D eigenvalue weighted by atomic mass is 16.2. The summed E-state index contributed by atoms with van der Waals surface area (Å²) in [5.41, 5.74) is -0.719. The maximum atomic E-state index is 12.3. The molecule has 8 nitrogen and oxygen atoms in total. The van der Waals surface area contributed by atoms with Crippen molar-refractivity contribution >= 4 is 16.9 Å². The molecule has 8 heteroatoms.